The Morgan fingerprint density at radius 1 is 1.03 bits per heavy atom. The lowest BCUT2D eigenvalue weighted by atomic mass is 9.57. The van der Waals surface area contributed by atoms with E-state index in [1.54, 1.807) is 42.5 Å². The maximum absolute atomic E-state index is 13.5. The van der Waals surface area contributed by atoms with Crippen LogP contribution in [-0.4, -0.2) is 54.7 Å². The van der Waals surface area contributed by atoms with Gasteiger partial charge in [-0.2, -0.15) is 0 Å². The predicted octanol–water partition coefficient (Wildman–Crippen LogP) is 1.55. The first-order chi connectivity index (χ1) is 16.6. The van der Waals surface area contributed by atoms with Crippen molar-refractivity contribution >= 4 is 29.1 Å². The highest BCUT2D eigenvalue weighted by Crippen LogP contribution is 2.55. The molecule has 9 nitrogen and oxygen atoms in total. The van der Waals surface area contributed by atoms with Gasteiger partial charge in [0.2, 0.25) is 5.78 Å². The molecule has 0 saturated carbocycles. The number of hydrogen-bond donors (Lipinski definition) is 6. The number of primary amides is 1. The maximum atomic E-state index is 13.5. The number of carbonyl (C=O) groups is 3. The second kappa shape index (κ2) is 7.66. The summed E-state index contributed by atoms with van der Waals surface area (Å²) in [5.41, 5.74) is 2.12. The molecular formula is C26H21NO8. The molecule has 2 aromatic carbocycles. The number of amides is 1. The zero-order valence-electron chi connectivity index (χ0n) is 18.2. The third kappa shape index (κ3) is 2.99. The Morgan fingerprint density at radius 2 is 1.71 bits per heavy atom. The zero-order valence-corrected chi connectivity index (χ0v) is 18.2. The highest BCUT2D eigenvalue weighted by atomic mass is 16.4. The summed E-state index contributed by atoms with van der Waals surface area (Å²) in [6.07, 6.45) is -0.512. The lowest BCUT2D eigenvalue weighted by Crippen LogP contribution is -2.62. The summed E-state index contributed by atoms with van der Waals surface area (Å²) in [6.45, 7) is 0. The van der Waals surface area contributed by atoms with Crippen molar-refractivity contribution in [2.45, 2.75) is 18.1 Å². The number of allylic oxidation sites excluding steroid dienone is 1. The number of aliphatic hydroxyl groups is 4. The van der Waals surface area contributed by atoms with Crippen molar-refractivity contribution in [3.8, 4) is 5.75 Å². The molecule has 9 heteroatoms. The van der Waals surface area contributed by atoms with E-state index in [4.69, 9.17) is 5.73 Å². The number of benzene rings is 2. The van der Waals surface area contributed by atoms with Gasteiger partial charge in [-0.1, -0.05) is 48.5 Å². The van der Waals surface area contributed by atoms with E-state index in [0.29, 0.717) is 16.7 Å². The molecular weight excluding hydrogens is 454 g/mol. The summed E-state index contributed by atoms with van der Waals surface area (Å²) in [7, 11) is 0. The minimum Gasteiger partial charge on any atom is -0.511 e. The standard InChI is InChI=1S/C26H21NO8/c27-25(34)19-16(29)10-14-21(30)18-13(9-11-5-2-1-3-6-11)12-7-4-8-15(28)17(12)22(31)20(18)24(33)26(14,35)23(19)32/h1-9,14,18,21,28-30,33,35H,10H2,(H2,27,34)/b13-9+. The fourth-order valence-electron chi connectivity index (χ4n) is 5.41. The van der Waals surface area contributed by atoms with Crippen LogP contribution in [0.1, 0.15) is 27.9 Å². The monoisotopic (exact) mass is 475 g/mol. The first-order valence-corrected chi connectivity index (χ1v) is 10.8. The number of phenolic OH excluding ortho intramolecular Hbond substituents is 1. The third-order valence-corrected chi connectivity index (χ3v) is 7.02. The van der Waals surface area contributed by atoms with Crippen molar-refractivity contribution in [1.29, 1.82) is 0 Å². The van der Waals surface area contributed by atoms with Crippen molar-refractivity contribution in [2.75, 3.05) is 0 Å². The first-order valence-electron chi connectivity index (χ1n) is 10.8. The van der Waals surface area contributed by atoms with Crippen molar-refractivity contribution in [3.63, 3.8) is 0 Å². The second-order valence-electron chi connectivity index (χ2n) is 8.86. The lowest BCUT2D eigenvalue weighted by molar-refractivity contribution is -0.152. The van der Waals surface area contributed by atoms with Crippen molar-refractivity contribution in [3.05, 3.63) is 87.9 Å². The molecule has 3 aliphatic carbocycles. The molecule has 4 atom stereocenters. The van der Waals surface area contributed by atoms with Gasteiger partial charge in [0.05, 0.1) is 17.2 Å². The minimum absolute atomic E-state index is 0.168. The average molecular weight is 475 g/mol. The van der Waals surface area contributed by atoms with E-state index < -0.39 is 70.1 Å². The summed E-state index contributed by atoms with van der Waals surface area (Å²) in [5.74, 6) is -8.48. The number of carbonyl (C=O) groups excluding carboxylic acids is 3. The number of rotatable bonds is 2. The van der Waals surface area contributed by atoms with Gasteiger partial charge in [0.1, 0.15) is 22.8 Å². The molecule has 0 radical (unpaired) electrons. The molecule has 0 aliphatic heterocycles. The summed E-state index contributed by atoms with van der Waals surface area (Å²) in [6, 6.07) is 13.3. The van der Waals surface area contributed by atoms with Crippen molar-refractivity contribution < 1.29 is 39.9 Å². The molecule has 0 heterocycles. The number of hydrogen-bond acceptors (Lipinski definition) is 8. The summed E-state index contributed by atoms with van der Waals surface area (Å²) in [4.78, 5) is 38.4. The average Bonchev–Trinajstić information content (AvgIpc) is 2.81. The topological polar surface area (TPSA) is 178 Å². The summed E-state index contributed by atoms with van der Waals surface area (Å²) >= 11 is 0. The number of fused-ring (bicyclic) bond motifs is 3. The van der Waals surface area contributed by atoms with Gasteiger partial charge in [-0.3, -0.25) is 14.4 Å². The second-order valence-corrected chi connectivity index (χ2v) is 8.86. The highest BCUT2D eigenvalue weighted by Gasteiger charge is 2.63. The number of aliphatic hydroxyl groups excluding tert-OH is 3. The third-order valence-electron chi connectivity index (χ3n) is 7.02. The molecule has 2 aromatic rings. The molecule has 0 spiro atoms. The molecule has 178 valence electrons. The zero-order chi connectivity index (χ0) is 25.2. The molecule has 3 aliphatic rings. The Bertz CT molecular complexity index is 1400. The van der Waals surface area contributed by atoms with Gasteiger partial charge < -0.3 is 31.3 Å². The molecule has 4 unspecified atom stereocenters. The molecule has 35 heavy (non-hydrogen) atoms. The van der Waals surface area contributed by atoms with Gasteiger partial charge in [0.15, 0.2) is 11.4 Å². The van der Waals surface area contributed by atoms with Crippen LogP contribution < -0.4 is 5.73 Å². The van der Waals surface area contributed by atoms with E-state index in [9.17, 15) is 39.9 Å². The fraction of sp³-hybridized carbons (Fsp3) is 0.192. The van der Waals surface area contributed by atoms with Gasteiger partial charge in [-0.15, -0.1) is 0 Å². The van der Waals surface area contributed by atoms with E-state index in [0.717, 1.165) is 0 Å². The number of ketones is 2. The Kier molecular flexibility index (Phi) is 4.94. The van der Waals surface area contributed by atoms with E-state index in [1.165, 1.54) is 12.1 Å². The Hall–Kier alpha value is -4.21. The van der Waals surface area contributed by atoms with E-state index in [2.05, 4.69) is 0 Å². The fourth-order valence-corrected chi connectivity index (χ4v) is 5.41. The highest BCUT2D eigenvalue weighted by molar-refractivity contribution is 6.25. The van der Waals surface area contributed by atoms with E-state index in [-0.39, 0.29) is 11.3 Å². The molecule has 0 aromatic heterocycles. The lowest BCUT2D eigenvalue weighted by Gasteiger charge is -2.49. The van der Waals surface area contributed by atoms with Crippen LogP contribution in [0.25, 0.3) is 11.6 Å². The SMILES string of the molecule is NC(=O)C1=C(O)CC2C(O)C3C(=C(O)C2(O)C1=O)C(=O)c1c(O)cccc1/C3=C\c1ccccc1. The minimum atomic E-state index is -2.88. The molecule has 7 N–H and O–H groups in total. The Morgan fingerprint density at radius 3 is 2.37 bits per heavy atom. The van der Waals surface area contributed by atoms with Crippen LogP contribution >= 0.6 is 0 Å². The molecule has 0 bridgehead atoms. The molecule has 0 saturated heterocycles. The van der Waals surface area contributed by atoms with Gasteiger partial charge in [0, 0.05) is 18.3 Å². The van der Waals surface area contributed by atoms with Gasteiger partial charge in [-0.25, -0.2) is 0 Å². The van der Waals surface area contributed by atoms with E-state index >= 15 is 0 Å². The van der Waals surface area contributed by atoms with Gasteiger partial charge in [0.25, 0.3) is 5.91 Å². The number of aromatic hydroxyl groups is 1. The number of Topliss-reactive ketones (excluding diaryl/α,β-unsaturated/α-hetero) is 2. The number of nitrogens with two attached hydrogens (primary N) is 1. The van der Waals surface area contributed by atoms with Crippen molar-refractivity contribution in [1.82, 2.24) is 0 Å². The van der Waals surface area contributed by atoms with E-state index in [1.807, 2.05) is 0 Å². The van der Waals surface area contributed by atoms with Crippen LogP contribution in [0.5, 0.6) is 5.75 Å². The van der Waals surface area contributed by atoms with Gasteiger partial charge >= 0.3 is 0 Å². The maximum Gasteiger partial charge on any atom is 0.255 e. The summed E-state index contributed by atoms with van der Waals surface area (Å²) < 4.78 is 0. The van der Waals surface area contributed by atoms with Crippen LogP contribution in [0, 0.1) is 11.8 Å². The first kappa shape index (κ1) is 22.6. The van der Waals surface area contributed by atoms with Gasteiger partial charge in [-0.05, 0) is 22.8 Å². The van der Waals surface area contributed by atoms with Crippen LogP contribution in [0.4, 0.5) is 0 Å². The quantitative estimate of drug-likeness (QED) is 0.354. The van der Waals surface area contributed by atoms with Crippen LogP contribution in [-0.2, 0) is 9.59 Å². The van der Waals surface area contributed by atoms with Crippen molar-refractivity contribution in [2.24, 2.45) is 17.6 Å². The summed E-state index contributed by atoms with van der Waals surface area (Å²) in [5, 5.41) is 54.9. The Balaban J connectivity index is 1.83. The largest absolute Gasteiger partial charge is 0.511 e. The smallest absolute Gasteiger partial charge is 0.255 e. The predicted molar refractivity (Wildman–Crippen MR) is 123 cm³/mol. The molecule has 1 amide bonds. The van der Waals surface area contributed by atoms with Crippen LogP contribution in [0.2, 0.25) is 0 Å². The molecule has 5 rings (SSSR count). The van der Waals surface area contributed by atoms with Crippen LogP contribution in [0.15, 0.2) is 71.2 Å². The Labute approximate surface area is 198 Å². The van der Waals surface area contributed by atoms with Crippen LogP contribution in [0.3, 0.4) is 0 Å². The molecule has 0 fully saturated rings. The normalized spacial score (nSPS) is 29.1. The number of phenols is 1.